The molecule has 3 heterocycles. The highest BCUT2D eigenvalue weighted by molar-refractivity contribution is 8.18. The number of aromatic nitrogens is 2. The number of thioether (sulfide) groups is 1. The summed E-state index contributed by atoms with van der Waals surface area (Å²) in [6.07, 6.45) is -0.923. The summed E-state index contributed by atoms with van der Waals surface area (Å²) in [4.78, 5) is 17.0. The maximum Gasteiger partial charge on any atom is 0.417 e. The Bertz CT molecular complexity index is 1450. The quantitative estimate of drug-likeness (QED) is 0.342. The zero-order chi connectivity index (χ0) is 23.9. The van der Waals surface area contributed by atoms with Gasteiger partial charge < -0.3 is 5.32 Å². The van der Waals surface area contributed by atoms with Gasteiger partial charge in [0, 0.05) is 29.1 Å². The van der Waals surface area contributed by atoms with Gasteiger partial charge in [-0.05, 0) is 52.5 Å². The minimum Gasteiger partial charge on any atom is -0.300 e. The van der Waals surface area contributed by atoms with Crippen LogP contribution in [0.4, 0.5) is 18.0 Å². The number of fused-ring (bicyclic) bond motifs is 1. The lowest BCUT2D eigenvalue weighted by molar-refractivity contribution is -0.137. The Hall–Kier alpha value is -3.37. The van der Waals surface area contributed by atoms with Crippen LogP contribution in [0.2, 0.25) is 0 Å². The van der Waals surface area contributed by atoms with E-state index in [1.54, 1.807) is 36.8 Å². The predicted molar refractivity (Wildman–Crippen MR) is 131 cm³/mol. The van der Waals surface area contributed by atoms with Gasteiger partial charge in [-0.3, -0.25) is 14.5 Å². The van der Waals surface area contributed by atoms with Crippen molar-refractivity contribution in [3.63, 3.8) is 0 Å². The summed E-state index contributed by atoms with van der Waals surface area (Å²) in [5, 5.41) is 9.51. The van der Waals surface area contributed by atoms with Crippen molar-refractivity contribution in [1.29, 1.82) is 0 Å². The molecule has 0 unspecified atom stereocenters. The Morgan fingerprint density at radius 3 is 2.76 bits per heavy atom. The van der Waals surface area contributed by atoms with Crippen LogP contribution in [0.25, 0.3) is 27.4 Å². The first-order valence-corrected chi connectivity index (χ1v) is 11.9. The monoisotopic (exact) mass is 498 g/mol. The number of benzene rings is 2. The fourth-order valence-corrected chi connectivity index (χ4v) is 5.43. The molecule has 1 N–H and O–H groups in total. The second-order valence-electron chi connectivity index (χ2n) is 7.56. The Balaban J connectivity index is 1.50. The molecule has 172 valence electrons. The van der Waals surface area contributed by atoms with Crippen LogP contribution in [-0.2, 0) is 12.7 Å². The number of thiophene rings is 1. The Labute approximate surface area is 201 Å². The number of nitrogens with zero attached hydrogens (tertiary/aromatic N) is 3. The van der Waals surface area contributed by atoms with Crippen molar-refractivity contribution in [2.75, 3.05) is 7.05 Å². The van der Waals surface area contributed by atoms with Gasteiger partial charge in [-0.2, -0.15) is 18.3 Å². The van der Waals surface area contributed by atoms with E-state index in [2.05, 4.69) is 15.4 Å². The first kappa shape index (κ1) is 22.4. The number of alkyl halides is 3. The molecule has 1 fully saturated rings. The minimum absolute atomic E-state index is 0.0138. The lowest BCUT2D eigenvalue weighted by Crippen LogP contribution is -2.18. The molecule has 2 aromatic carbocycles. The van der Waals surface area contributed by atoms with Crippen LogP contribution in [0.15, 0.2) is 70.0 Å². The number of carbonyl (C=O) groups excluding carboxylic acids is 1. The fourth-order valence-electron chi connectivity index (χ4n) is 3.89. The largest absolute Gasteiger partial charge is 0.417 e. The van der Waals surface area contributed by atoms with E-state index < -0.39 is 11.7 Å². The molecule has 34 heavy (non-hydrogen) atoms. The number of rotatable bonds is 4. The van der Waals surface area contributed by atoms with Gasteiger partial charge in [-0.15, -0.1) is 11.3 Å². The van der Waals surface area contributed by atoms with Gasteiger partial charge in [-0.1, -0.05) is 30.3 Å². The molecule has 5 nitrogen and oxygen atoms in total. The number of amides is 1. The lowest BCUT2D eigenvalue weighted by atomic mass is 9.99. The van der Waals surface area contributed by atoms with Gasteiger partial charge in [-0.25, -0.2) is 0 Å². The van der Waals surface area contributed by atoms with Crippen LogP contribution >= 0.6 is 23.1 Å². The van der Waals surface area contributed by atoms with Gasteiger partial charge in [0.05, 0.1) is 22.5 Å². The Morgan fingerprint density at radius 2 is 2.03 bits per heavy atom. The summed E-state index contributed by atoms with van der Waals surface area (Å²) in [5.41, 5.74) is 1.20. The molecule has 0 saturated carbocycles. The van der Waals surface area contributed by atoms with Crippen LogP contribution in [0, 0.1) is 0 Å². The normalized spacial score (nSPS) is 16.6. The molecular weight excluding hydrogens is 481 g/mol. The molecule has 0 atom stereocenters. The Morgan fingerprint density at radius 1 is 1.18 bits per heavy atom. The summed E-state index contributed by atoms with van der Waals surface area (Å²) in [6.45, 7) is -0.0138. The molecule has 0 spiro atoms. The van der Waals surface area contributed by atoms with E-state index in [4.69, 9.17) is 0 Å². The third-order valence-electron chi connectivity index (χ3n) is 5.31. The van der Waals surface area contributed by atoms with E-state index in [1.165, 1.54) is 28.2 Å². The summed E-state index contributed by atoms with van der Waals surface area (Å²) in [7, 11) is 1.60. The van der Waals surface area contributed by atoms with E-state index in [-0.39, 0.29) is 22.9 Å². The van der Waals surface area contributed by atoms with E-state index in [0.717, 1.165) is 22.7 Å². The van der Waals surface area contributed by atoms with E-state index in [1.807, 2.05) is 24.3 Å². The maximum absolute atomic E-state index is 14.1. The molecule has 1 aliphatic heterocycles. The average Bonchev–Trinajstić information content (AvgIpc) is 3.52. The van der Waals surface area contributed by atoms with Crippen LogP contribution < -0.4 is 5.32 Å². The van der Waals surface area contributed by atoms with Crippen molar-refractivity contribution in [2.45, 2.75) is 12.7 Å². The maximum atomic E-state index is 14.1. The van der Waals surface area contributed by atoms with Crippen LogP contribution in [0.1, 0.15) is 16.7 Å². The average molecular weight is 499 g/mol. The highest BCUT2D eigenvalue weighted by Gasteiger charge is 2.36. The Kier molecular flexibility index (Phi) is 5.78. The van der Waals surface area contributed by atoms with Crippen LogP contribution in [-0.4, -0.2) is 27.9 Å². The smallest absolute Gasteiger partial charge is 0.300 e. The van der Waals surface area contributed by atoms with Crippen LogP contribution in [0.3, 0.4) is 0 Å². The van der Waals surface area contributed by atoms with Crippen molar-refractivity contribution in [2.24, 2.45) is 4.99 Å². The molecule has 2 aromatic heterocycles. The number of nitrogens with one attached hydrogen (secondary N) is 1. The summed E-state index contributed by atoms with van der Waals surface area (Å²) in [6, 6.07) is 13.6. The molecule has 4 aromatic rings. The third-order valence-corrected chi connectivity index (χ3v) is 7.03. The van der Waals surface area contributed by atoms with Gasteiger partial charge in [0.2, 0.25) is 0 Å². The molecule has 1 amide bonds. The lowest BCUT2D eigenvalue weighted by Gasteiger charge is -2.17. The molecule has 0 bridgehead atoms. The number of amidine groups is 1. The first-order valence-electron chi connectivity index (χ1n) is 10.2. The van der Waals surface area contributed by atoms with Crippen molar-refractivity contribution in [3.05, 3.63) is 81.7 Å². The number of carbonyl (C=O) groups is 1. The predicted octanol–water partition coefficient (Wildman–Crippen LogP) is 6.66. The van der Waals surface area contributed by atoms with Crippen LogP contribution in [0.5, 0.6) is 0 Å². The number of aliphatic imine (C=N–C) groups is 1. The zero-order valence-electron chi connectivity index (χ0n) is 17.8. The highest BCUT2D eigenvalue weighted by atomic mass is 32.2. The number of hydrogen-bond donors (Lipinski definition) is 1. The zero-order valence-corrected chi connectivity index (χ0v) is 19.4. The highest BCUT2D eigenvalue weighted by Crippen LogP contribution is 2.41. The molecule has 10 heteroatoms. The molecule has 1 aliphatic rings. The molecule has 0 aliphatic carbocycles. The molecular formula is C24H17F3N4OS2. The number of hydrogen-bond acceptors (Lipinski definition) is 5. The van der Waals surface area contributed by atoms with Gasteiger partial charge >= 0.3 is 6.18 Å². The van der Waals surface area contributed by atoms with Crippen molar-refractivity contribution in [1.82, 2.24) is 15.1 Å². The van der Waals surface area contributed by atoms with E-state index in [9.17, 15) is 18.0 Å². The molecule has 0 radical (unpaired) electrons. The number of halogens is 3. The molecule has 1 saturated heterocycles. The van der Waals surface area contributed by atoms with Crippen molar-refractivity contribution < 1.29 is 18.0 Å². The second kappa shape index (κ2) is 8.77. The first-order chi connectivity index (χ1) is 16.3. The summed E-state index contributed by atoms with van der Waals surface area (Å²) >= 11 is 2.34. The van der Waals surface area contributed by atoms with Gasteiger partial charge in [0.25, 0.3) is 5.24 Å². The summed E-state index contributed by atoms with van der Waals surface area (Å²) < 4.78 is 43.7. The van der Waals surface area contributed by atoms with E-state index >= 15 is 0 Å². The standard InChI is InChI=1S/C24H17F3N4OS2/c1-28-22-20(34-23(32)29-22)11-14-7-8-18-16(10-14)13-31(30-18)12-15-4-2-5-17(19-6-3-9-33-19)21(15)24(25,26)27/h2-11,13H,12H2,1H3,(H,28,29,32)/b20-11-. The third kappa shape index (κ3) is 4.38. The molecule has 5 rings (SSSR count). The SMILES string of the molecule is CN=C1NC(=O)S/C1=C\c1ccc2nn(Cc3cccc(-c4cccs4)c3C(F)(F)F)cc2c1. The fraction of sp³-hybridized carbons (Fsp3) is 0.125. The van der Waals surface area contributed by atoms with Gasteiger partial charge in [0.15, 0.2) is 0 Å². The van der Waals surface area contributed by atoms with Crippen molar-refractivity contribution in [3.8, 4) is 10.4 Å². The topological polar surface area (TPSA) is 59.3 Å². The summed E-state index contributed by atoms with van der Waals surface area (Å²) in [5.74, 6) is 0.510. The van der Waals surface area contributed by atoms with E-state index in [0.29, 0.717) is 21.1 Å². The minimum atomic E-state index is -4.50. The second-order valence-corrected chi connectivity index (χ2v) is 9.52. The van der Waals surface area contributed by atoms with Gasteiger partial charge in [0.1, 0.15) is 5.84 Å². The van der Waals surface area contributed by atoms with Crippen molar-refractivity contribution >= 4 is 51.2 Å².